The van der Waals surface area contributed by atoms with Crippen molar-refractivity contribution in [1.29, 1.82) is 0 Å². The Kier molecular flexibility index (Phi) is 4.15. The number of carbonyl (C=O) groups excluding carboxylic acids is 1. The summed E-state index contributed by atoms with van der Waals surface area (Å²) in [5.74, 6) is -0.121. The minimum atomic E-state index is -0.787. The van der Waals surface area contributed by atoms with Gasteiger partial charge in [0.05, 0.1) is 12.2 Å². The molecule has 0 unspecified atom stereocenters. The van der Waals surface area contributed by atoms with Gasteiger partial charge in [0.25, 0.3) is 5.91 Å². The van der Waals surface area contributed by atoms with Gasteiger partial charge in [0, 0.05) is 18.6 Å². The standard InChI is InChI=1S/C15H21N3O4/c1-9-14(22-8-16-9)15(21)17-11-4-12(5-11)18(7-13(19)20)6-10-2-3-10/h8,10-12H,2-7H2,1H3,(H,17,21)(H,19,20). The fourth-order valence-electron chi connectivity index (χ4n) is 2.92. The number of oxazole rings is 1. The number of carboxylic acid groups (broad SMARTS) is 1. The lowest BCUT2D eigenvalue weighted by Gasteiger charge is -2.42. The van der Waals surface area contributed by atoms with Crippen LogP contribution in [0.5, 0.6) is 0 Å². The molecule has 7 nitrogen and oxygen atoms in total. The molecule has 0 bridgehead atoms. The number of hydrogen-bond acceptors (Lipinski definition) is 5. The third-order valence-corrected chi connectivity index (χ3v) is 4.44. The van der Waals surface area contributed by atoms with Gasteiger partial charge >= 0.3 is 5.97 Å². The largest absolute Gasteiger partial charge is 0.480 e. The third kappa shape index (κ3) is 3.47. The summed E-state index contributed by atoms with van der Waals surface area (Å²) >= 11 is 0. The van der Waals surface area contributed by atoms with Crippen LogP contribution in [0.3, 0.4) is 0 Å². The van der Waals surface area contributed by atoms with Gasteiger partial charge in [-0.2, -0.15) is 0 Å². The molecule has 0 atom stereocenters. The number of nitrogens with one attached hydrogen (secondary N) is 1. The van der Waals surface area contributed by atoms with Crippen LogP contribution in [-0.4, -0.2) is 52.0 Å². The van der Waals surface area contributed by atoms with Gasteiger partial charge < -0.3 is 14.8 Å². The molecule has 2 saturated carbocycles. The first kappa shape index (κ1) is 15.0. The number of aryl methyl sites for hydroxylation is 1. The first-order chi connectivity index (χ1) is 10.5. The average Bonchev–Trinajstić information content (AvgIpc) is 3.11. The Morgan fingerprint density at radius 3 is 2.73 bits per heavy atom. The lowest BCUT2D eigenvalue weighted by atomic mass is 9.85. The van der Waals surface area contributed by atoms with Crippen molar-refractivity contribution in [3.8, 4) is 0 Å². The summed E-state index contributed by atoms with van der Waals surface area (Å²) in [6.07, 6.45) is 5.25. The predicted octanol–water partition coefficient (Wildman–Crippen LogP) is 1.04. The molecule has 22 heavy (non-hydrogen) atoms. The summed E-state index contributed by atoms with van der Waals surface area (Å²) in [5, 5.41) is 11.9. The zero-order valence-corrected chi connectivity index (χ0v) is 12.6. The van der Waals surface area contributed by atoms with Gasteiger partial charge in [0.15, 0.2) is 6.39 Å². The van der Waals surface area contributed by atoms with Gasteiger partial charge in [-0.15, -0.1) is 0 Å². The van der Waals surface area contributed by atoms with E-state index in [1.54, 1.807) is 6.92 Å². The van der Waals surface area contributed by atoms with Crippen LogP contribution in [0.4, 0.5) is 0 Å². The minimum Gasteiger partial charge on any atom is -0.480 e. The lowest BCUT2D eigenvalue weighted by Crippen LogP contribution is -2.55. The van der Waals surface area contributed by atoms with E-state index in [-0.39, 0.29) is 30.3 Å². The zero-order valence-electron chi connectivity index (χ0n) is 12.6. The van der Waals surface area contributed by atoms with Crippen LogP contribution in [0.2, 0.25) is 0 Å². The van der Waals surface area contributed by atoms with Gasteiger partial charge in [0.1, 0.15) is 0 Å². The summed E-state index contributed by atoms with van der Waals surface area (Å²) in [6, 6.07) is 0.329. The van der Waals surface area contributed by atoms with Gasteiger partial charge in [-0.25, -0.2) is 4.98 Å². The van der Waals surface area contributed by atoms with E-state index in [4.69, 9.17) is 9.52 Å². The van der Waals surface area contributed by atoms with Crippen molar-refractivity contribution in [3.63, 3.8) is 0 Å². The summed E-state index contributed by atoms with van der Waals surface area (Å²) in [6.45, 7) is 2.67. The normalized spacial score (nSPS) is 24.1. The van der Waals surface area contributed by atoms with E-state index in [0.717, 1.165) is 19.4 Å². The number of aliphatic carboxylic acids is 1. The first-order valence-corrected chi connectivity index (χ1v) is 7.69. The molecule has 1 heterocycles. The Hall–Kier alpha value is -1.89. The predicted molar refractivity (Wildman–Crippen MR) is 77.4 cm³/mol. The fourth-order valence-corrected chi connectivity index (χ4v) is 2.92. The molecule has 0 saturated heterocycles. The monoisotopic (exact) mass is 307 g/mol. The van der Waals surface area contributed by atoms with Crippen LogP contribution < -0.4 is 5.32 Å². The van der Waals surface area contributed by atoms with E-state index >= 15 is 0 Å². The van der Waals surface area contributed by atoms with Crippen LogP contribution >= 0.6 is 0 Å². The molecule has 2 N–H and O–H groups in total. The molecule has 120 valence electrons. The summed E-state index contributed by atoms with van der Waals surface area (Å²) in [7, 11) is 0. The van der Waals surface area contributed by atoms with Gasteiger partial charge in [-0.05, 0) is 38.5 Å². The molecule has 2 aliphatic carbocycles. The molecule has 7 heteroatoms. The Morgan fingerprint density at radius 2 is 2.18 bits per heavy atom. The molecule has 2 aliphatic rings. The Morgan fingerprint density at radius 1 is 1.45 bits per heavy atom. The highest BCUT2D eigenvalue weighted by Gasteiger charge is 2.38. The number of hydrogen-bond donors (Lipinski definition) is 2. The molecule has 0 aliphatic heterocycles. The van der Waals surface area contributed by atoms with Gasteiger partial charge in [0.2, 0.25) is 5.76 Å². The Labute approximate surface area is 128 Å². The zero-order chi connectivity index (χ0) is 15.7. The second kappa shape index (κ2) is 6.08. The van der Waals surface area contributed by atoms with E-state index in [1.165, 1.54) is 19.2 Å². The molecule has 0 spiro atoms. The van der Waals surface area contributed by atoms with E-state index in [2.05, 4.69) is 10.3 Å². The second-order valence-electron chi connectivity index (χ2n) is 6.33. The van der Waals surface area contributed by atoms with Crippen molar-refractivity contribution >= 4 is 11.9 Å². The quantitative estimate of drug-likeness (QED) is 0.781. The minimum absolute atomic E-state index is 0.0810. The first-order valence-electron chi connectivity index (χ1n) is 7.69. The van der Waals surface area contributed by atoms with Crippen molar-refractivity contribution < 1.29 is 19.1 Å². The summed E-state index contributed by atoms with van der Waals surface area (Å²) in [5.41, 5.74) is 0.578. The van der Waals surface area contributed by atoms with Gasteiger partial charge in [-0.1, -0.05) is 0 Å². The van der Waals surface area contributed by atoms with Crippen molar-refractivity contribution in [3.05, 3.63) is 17.8 Å². The van der Waals surface area contributed by atoms with Crippen LogP contribution in [0.1, 0.15) is 41.9 Å². The topological polar surface area (TPSA) is 95.7 Å². The number of carbonyl (C=O) groups is 2. The smallest absolute Gasteiger partial charge is 0.317 e. The summed E-state index contributed by atoms with van der Waals surface area (Å²) < 4.78 is 5.07. The molecule has 1 aromatic heterocycles. The van der Waals surface area contributed by atoms with Crippen LogP contribution in [0, 0.1) is 12.8 Å². The average molecular weight is 307 g/mol. The maximum atomic E-state index is 12.0. The third-order valence-electron chi connectivity index (χ3n) is 4.44. The number of nitrogens with zero attached hydrogens (tertiary/aromatic N) is 2. The maximum absolute atomic E-state index is 12.0. The van der Waals surface area contributed by atoms with Crippen LogP contribution in [-0.2, 0) is 4.79 Å². The molecule has 1 amide bonds. The molecule has 0 aromatic carbocycles. The number of amides is 1. The highest BCUT2D eigenvalue weighted by molar-refractivity contribution is 5.92. The van der Waals surface area contributed by atoms with Crippen molar-refractivity contribution in [2.75, 3.05) is 13.1 Å². The highest BCUT2D eigenvalue weighted by atomic mass is 16.4. The Balaban J connectivity index is 1.48. The number of aromatic nitrogens is 1. The van der Waals surface area contributed by atoms with Crippen molar-refractivity contribution in [2.24, 2.45) is 5.92 Å². The molecule has 3 rings (SSSR count). The fraction of sp³-hybridized carbons (Fsp3) is 0.667. The molecule has 2 fully saturated rings. The molecular weight excluding hydrogens is 286 g/mol. The van der Waals surface area contributed by atoms with Gasteiger partial charge in [-0.3, -0.25) is 14.5 Å². The van der Waals surface area contributed by atoms with Crippen LogP contribution in [0.25, 0.3) is 0 Å². The molecular formula is C15H21N3O4. The molecule has 0 radical (unpaired) electrons. The number of rotatable bonds is 7. The lowest BCUT2D eigenvalue weighted by molar-refractivity contribution is -0.139. The Bertz CT molecular complexity index is 561. The van der Waals surface area contributed by atoms with E-state index in [0.29, 0.717) is 11.6 Å². The van der Waals surface area contributed by atoms with Crippen molar-refractivity contribution in [1.82, 2.24) is 15.2 Å². The molecule has 1 aromatic rings. The summed E-state index contributed by atoms with van der Waals surface area (Å²) in [4.78, 5) is 28.9. The van der Waals surface area contributed by atoms with E-state index < -0.39 is 5.97 Å². The highest BCUT2D eigenvalue weighted by Crippen LogP contribution is 2.33. The SMILES string of the molecule is Cc1ncoc1C(=O)NC1CC(N(CC(=O)O)CC2CC2)C1. The van der Waals surface area contributed by atoms with Crippen molar-refractivity contribution in [2.45, 2.75) is 44.7 Å². The van der Waals surface area contributed by atoms with E-state index in [9.17, 15) is 9.59 Å². The van der Waals surface area contributed by atoms with Crippen LogP contribution in [0.15, 0.2) is 10.8 Å². The second-order valence-corrected chi connectivity index (χ2v) is 6.33. The maximum Gasteiger partial charge on any atom is 0.317 e. The number of carboxylic acids is 1. The van der Waals surface area contributed by atoms with E-state index in [1.807, 2.05) is 4.90 Å².